The highest BCUT2D eigenvalue weighted by Crippen LogP contribution is 2.18. The predicted octanol–water partition coefficient (Wildman–Crippen LogP) is 2.83. The lowest BCUT2D eigenvalue weighted by Crippen LogP contribution is -2.18. The van der Waals surface area contributed by atoms with Crippen LogP contribution in [0.3, 0.4) is 0 Å². The first-order chi connectivity index (χ1) is 6.93. The minimum Gasteiger partial charge on any atom is -0.294 e. The van der Waals surface area contributed by atoms with E-state index in [1.165, 1.54) is 0 Å². The Bertz CT molecular complexity index is 377. The fourth-order valence-electron chi connectivity index (χ4n) is 1.15. The zero-order chi connectivity index (χ0) is 11.6. The molecule has 0 aromatic carbocycles. The van der Waals surface area contributed by atoms with E-state index >= 15 is 0 Å². The van der Waals surface area contributed by atoms with Crippen molar-refractivity contribution >= 4 is 5.78 Å². The van der Waals surface area contributed by atoms with Crippen molar-refractivity contribution in [3.8, 4) is 0 Å². The maximum absolute atomic E-state index is 13.2. The first-order valence-electron chi connectivity index (χ1n) is 4.78. The lowest BCUT2D eigenvalue weighted by molar-refractivity contribution is 0.0894. The second-order valence-electron chi connectivity index (χ2n) is 3.88. The summed E-state index contributed by atoms with van der Waals surface area (Å²) in [7, 11) is 0. The van der Waals surface area contributed by atoms with Crippen molar-refractivity contribution in [2.75, 3.05) is 0 Å². The Morgan fingerprint density at radius 2 is 1.93 bits per heavy atom. The number of rotatable bonds is 3. The highest BCUT2D eigenvalue weighted by molar-refractivity contribution is 5.97. The number of hydrogen-bond acceptors (Lipinski definition) is 2. The number of hydrogen-bond donors (Lipinski definition) is 0. The largest absolute Gasteiger partial charge is 0.294 e. The van der Waals surface area contributed by atoms with Gasteiger partial charge in [0.15, 0.2) is 11.6 Å². The van der Waals surface area contributed by atoms with Gasteiger partial charge in [0.2, 0.25) is 5.95 Å². The second-order valence-corrected chi connectivity index (χ2v) is 3.88. The first-order valence-corrected chi connectivity index (χ1v) is 4.78. The van der Waals surface area contributed by atoms with Crippen molar-refractivity contribution in [1.29, 1.82) is 0 Å². The van der Waals surface area contributed by atoms with E-state index in [0.29, 0.717) is 0 Å². The van der Waals surface area contributed by atoms with E-state index in [1.807, 2.05) is 13.8 Å². The van der Waals surface area contributed by atoms with Crippen LogP contribution in [0.4, 0.5) is 8.78 Å². The molecule has 82 valence electrons. The van der Waals surface area contributed by atoms with Gasteiger partial charge >= 0.3 is 0 Å². The molecule has 4 heteroatoms. The number of halogens is 2. The standard InChI is InChI=1S/C11H13F2NO/c1-6(2)7(3)11(15)8-4-10(13)14-5-9(8)12/h4-7H,1-3H3. The summed E-state index contributed by atoms with van der Waals surface area (Å²) in [6, 6.07) is 0.844. The summed E-state index contributed by atoms with van der Waals surface area (Å²) in [5.74, 6) is -2.23. The molecule has 0 aliphatic heterocycles. The van der Waals surface area contributed by atoms with Crippen LogP contribution in [0.5, 0.6) is 0 Å². The SMILES string of the molecule is CC(C)C(C)C(=O)c1cc(F)ncc1F. The van der Waals surface area contributed by atoms with Gasteiger partial charge in [-0.3, -0.25) is 4.79 Å². The van der Waals surface area contributed by atoms with Crippen LogP contribution in [0.1, 0.15) is 31.1 Å². The van der Waals surface area contributed by atoms with Crippen LogP contribution < -0.4 is 0 Å². The maximum Gasteiger partial charge on any atom is 0.213 e. The highest BCUT2D eigenvalue weighted by atomic mass is 19.1. The Morgan fingerprint density at radius 3 is 2.47 bits per heavy atom. The molecule has 0 amide bonds. The molecule has 15 heavy (non-hydrogen) atoms. The fourth-order valence-corrected chi connectivity index (χ4v) is 1.15. The normalized spacial score (nSPS) is 12.9. The van der Waals surface area contributed by atoms with E-state index in [9.17, 15) is 13.6 Å². The van der Waals surface area contributed by atoms with Gasteiger partial charge < -0.3 is 0 Å². The number of carbonyl (C=O) groups excluding carboxylic acids is 1. The van der Waals surface area contributed by atoms with Crippen molar-refractivity contribution < 1.29 is 13.6 Å². The third-order valence-corrected chi connectivity index (χ3v) is 2.50. The van der Waals surface area contributed by atoms with Crippen LogP contribution >= 0.6 is 0 Å². The summed E-state index contributed by atoms with van der Waals surface area (Å²) in [6.07, 6.45) is 0.732. The van der Waals surface area contributed by atoms with Crippen molar-refractivity contribution in [2.45, 2.75) is 20.8 Å². The van der Waals surface area contributed by atoms with Crippen molar-refractivity contribution in [2.24, 2.45) is 11.8 Å². The van der Waals surface area contributed by atoms with Crippen LogP contribution in [0, 0.1) is 23.6 Å². The van der Waals surface area contributed by atoms with E-state index in [2.05, 4.69) is 4.98 Å². The maximum atomic E-state index is 13.2. The molecule has 0 N–H and O–H groups in total. The zero-order valence-corrected chi connectivity index (χ0v) is 8.92. The molecule has 1 unspecified atom stereocenters. The summed E-state index contributed by atoms with van der Waals surface area (Å²) in [5, 5.41) is 0. The topological polar surface area (TPSA) is 30.0 Å². The Hall–Kier alpha value is -1.32. The lowest BCUT2D eigenvalue weighted by atomic mass is 9.90. The Balaban J connectivity index is 3.05. The van der Waals surface area contributed by atoms with E-state index in [4.69, 9.17) is 0 Å². The van der Waals surface area contributed by atoms with E-state index in [0.717, 1.165) is 12.3 Å². The van der Waals surface area contributed by atoms with Crippen LogP contribution in [-0.4, -0.2) is 10.8 Å². The van der Waals surface area contributed by atoms with Gasteiger partial charge in [-0.2, -0.15) is 4.39 Å². The van der Waals surface area contributed by atoms with Gasteiger partial charge in [-0.15, -0.1) is 0 Å². The van der Waals surface area contributed by atoms with Gasteiger partial charge in [-0.1, -0.05) is 20.8 Å². The van der Waals surface area contributed by atoms with E-state index < -0.39 is 11.8 Å². The molecule has 1 atom stereocenters. The Labute approximate surface area is 87.3 Å². The number of Topliss-reactive ketones (excluding diaryl/α,β-unsaturated/α-hetero) is 1. The Morgan fingerprint density at radius 1 is 1.33 bits per heavy atom. The third-order valence-electron chi connectivity index (χ3n) is 2.50. The monoisotopic (exact) mass is 213 g/mol. The molecule has 0 aliphatic rings. The molecule has 1 aromatic heterocycles. The number of pyridine rings is 1. The van der Waals surface area contributed by atoms with Gasteiger partial charge in [0.05, 0.1) is 11.8 Å². The molecule has 1 aromatic rings. The van der Waals surface area contributed by atoms with E-state index in [1.54, 1.807) is 6.92 Å². The third kappa shape index (κ3) is 2.58. The molecule has 0 spiro atoms. The van der Waals surface area contributed by atoms with Gasteiger partial charge in [-0.05, 0) is 5.92 Å². The average Bonchev–Trinajstić information content (AvgIpc) is 2.19. The predicted molar refractivity (Wildman–Crippen MR) is 52.5 cm³/mol. The minimum absolute atomic E-state index is 0.0909. The Kier molecular flexibility index (Phi) is 3.50. The van der Waals surface area contributed by atoms with E-state index in [-0.39, 0.29) is 23.2 Å². The quantitative estimate of drug-likeness (QED) is 0.570. The molecule has 0 aliphatic carbocycles. The van der Waals surface area contributed by atoms with Crippen molar-refractivity contribution in [3.05, 3.63) is 29.6 Å². The van der Waals surface area contributed by atoms with Gasteiger partial charge in [0, 0.05) is 12.0 Å². The van der Waals surface area contributed by atoms with Gasteiger partial charge in [0.1, 0.15) is 0 Å². The van der Waals surface area contributed by atoms with Gasteiger partial charge in [0.25, 0.3) is 0 Å². The zero-order valence-electron chi connectivity index (χ0n) is 8.92. The first kappa shape index (κ1) is 11.8. The molecular weight excluding hydrogens is 200 g/mol. The van der Waals surface area contributed by atoms with Crippen LogP contribution in [-0.2, 0) is 0 Å². The number of aromatic nitrogens is 1. The molecule has 1 rings (SSSR count). The van der Waals surface area contributed by atoms with Crippen LogP contribution in [0.15, 0.2) is 12.3 Å². The van der Waals surface area contributed by atoms with Crippen LogP contribution in [0.2, 0.25) is 0 Å². The molecule has 0 saturated heterocycles. The number of ketones is 1. The van der Waals surface area contributed by atoms with Crippen LogP contribution in [0.25, 0.3) is 0 Å². The highest BCUT2D eigenvalue weighted by Gasteiger charge is 2.22. The average molecular weight is 213 g/mol. The summed E-state index contributed by atoms with van der Waals surface area (Å²) < 4.78 is 25.9. The summed E-state index contributed by atoms with van der Waals surface area (Å²) >= 11 is 0. The molecule has 0 bridgehead atoms. The number of carbonyl (C=O) groups is 1. The lowest BCUT2D eigenvalue weighted by Gasteiger charge is -2.14. The van der Waals surface area contributed by atoms with Gasteiger partial charge in [-0.25, -0.2) is 9.37 Å². The molecular formula is C11H13F2NO. The molecule has 0 fully saturated rings. The molecule has 0 radical (unpaired) electrons. The fraction of sp³-hybridized carbons (Fsp3) is 0.455. The second kappa shape index (κ2) is 4.47. The molecule has 2 nitrogen and oxygen atoms in total. The van der Waals surface area contributed by atoms with Crippen molar-refractivity contribution in [3.63, 3.8) is 0 Å². The summed E-state index contributed by atoms with van der Waals surface area (Å²) in [6.45, 7) is 5.42. The number of nitrogens with zero attached hydrogens (tertiary/aromatic N) is 1. The molecule has 0 saturated carbocycles. The minimum atomic E-state index is -0.837. The molecule has 1 heterocycles. The summed E-state index contributed by atoms with van der Waals surface area (Å²) in [4.78, 5) is 14.9. The smallest absolute Gasteiger partial charge is 0.213 e. The summed E-state index contributed by atoms with van der Waals surface area (Å²) in [5.41, 5.74) is -0.219. The van der Waals surface area contributed by atoms with Crippen molar-refractivity contribution in [1.82, 2.24) is 4.98 Å².